The molecule has 1 N–H and O–H groups in total. The molecule has 3 rings (SSSR count). The van der Waals surface area contributed by atoms with E-state index in [9.17, 15) is 22.4 Å². The molecule has 0 aliphatic heterocycles. The van der Waals surface area contributed by atoms with E-state index < -0.39 is 18.8 Å². The van der Waals surface area contributed by atoms with Crippen molar-refractivity contribution < 1.29 is 22.4 Å². The predicted octanol–water partition coefficient (Wildman–Crippen LogP) is 3.32. The Bertz CT molecular complexity index is 752. The highest BCUT2D eigenvalue weighted by atomic mass is 19.4. The second-order valence-corrected chi connectivity index (χ2v) is 6.17. The number of hydrogen-bond acceptors (Lipinski definition) is 2. The minimum Gasteiger partial charge on any atom is -0.347 e. The number of alkyl halides is 3. The van der Waals surface area contributed by atoms with Crippen molar-refractivity contribution in [3.63, 3.8) is 0 Å². The fourth-order valence-corrected chi connectivity index (χ4v) is 3.04. The van der Waals surface area contributed by atoms with E-state index in [4.69, 9.17) is 0 Å². The molecule has 1 aromatic heterocycles. The van der Waals surface area contributed by atoms with E-state index >= 15 is 0 Å². The average molecular weight is 355 g/mol. The van der Waals surface area contributed by atoms with Crippen molar-refractivity contribution in [1.82, 2.24) is 15.1 Å². The van der Waals surface area contributed by atoms with Crippen molar-refractivity contribution in [2.24, 2.45) is 0 Å². The molecule has 25 heavy (non-hydrogen) atoms. The summed E-state index contributed by atoms with van der Waals surface area (Å²) in [4.78, 5) is 12.2. The Morgan fingerprint density at radius 2 is 2.00 bits per heavy atom. The summed E-state index contributed by atoms with van der Waals surface area (Å²) < 4.78 is 51.4. The van der Waals surface area contributed by atoms with Crippen molar-refractivity contribution in [3.8, 4) is 0 Å². The predicted molar refractivity (Wildman–Crippen MR) is 82.2 cm³/mol. The lowest BCUT2D eigenvalue weighted by Gasteiger charge is -2.22. The van der Waals surface area contributed by atoms with Crippen LogP contribution in [0.3, 0.4) is 0 Å². The zero-order chi connectivity index (χ0) is 18.0. The van der Waals surface area contributed by atoms with Gasteiger partial charge in [0.2, 0.25) is 5.91 Å². The molecule has 0 spiro atoms. The molecule has 0 saturated heterocycles. The van der Waals surface area contributed by atoms with E-state index in [1.54, 1.807) is 0 Å². The van der Waals surface area contributed by atoms with Crippen LogP contribution in [0.15, 0.2) is 30.5 Å². The first kappa shape index (κ1) is 17.4. The molecule has 0 unspecified atom stereocenters. The monoisotopic (exact) mass is 355 g/mol. The van der Waals surface area contributed by atoms with Crippen LogP contribution in [0.2, 0.25) is 0 Å². The molecular weight excluding hydrogens is 338 g/mol. The van der Waals surface area contributed by atoms with Gasteiger partial charge in [0.1, 0.15) is 12.4 Å². The normalized spacial score (nSPS) is 17.2. The standard InChI is InChI=1S/C17H17F4N3O/c18-13-6-4-11(5-7-13)8-15(25)22-14-3-1-2-12-9-24(23-16(12)14)10-17(19,20)21/h4-7,9,14H,1-3,8,10H2,(H,22,25)/t14-/m1/s1. The number of carbonyl (C=O) groups excluding carboxylic acids is 1. The molecule has 0 radical (unpaired) electrons. The average Bonchev–Trinajstić information content (AvgIpc) is 2.91. The molecule has 1 heterocycles. The summed E-state index contributed by atoms with van der Waals surface area (Å²) in [5.74, 6) is -0.647. The zero-order valence-corrected chi connectivity index (χ0v) is 13.3. The largest absolute Gasteiger partial charge is 0.408 e. The first-order valence-electron chi connectivity index (χ1n) is 7.97. The van der Waals surface area contributed by atoms with Crippen LogP contribution in [0.25, 0.3) is 0 Å². The molecule has 1 atom stereocenters. The molecule has 1 aliphatic rings. The minimum absolute atomic E-state index is 0.0787. The summed E-state index contributed by atoms with van der Waals surface area (Å²) in [6, 6.07) is 5.21. The van der Waals surface area contributed by atoms with E-state index in [1.807, 2.05) is 0 Å². The lowest BCUT2D eigenvalue weighted by Crippen LogP contribution is -2.32. The van der Waals surface area contributed by atoms with Crippen LogP contribution in [0, 0.1) is 5.82 Å². The van der Waals surface area contributed by atoms with Crippen LogP contribution in [0.1, 0.15) is 35.7 Å². The number of fused-ring (bicyclic) bond motifs is 1. The van der Waals surface area contributed by atoms with Gasteiger partial charge in [-0.25, -0.2) is 4.39 Å². The Morgan fingerprint density at radius 1 is 1.28 bits per heavy atom. The maximum atomic E-state index is 12.9. The third-order valence-corrected chi connectivity index (χ3v) is 4.09. The number of nitrogens with one attached hydrogen (secondary N) is 1. The fraction of sp³-hybridized carbons (Fsp3) is 0.412. The fourth-order valence-electron chi connectivity index (χ4n) is 3.04. The Kier molecular flexibility index (Phi) is 4.78. The Morgan fingerprint density at radius 3 is 2.68 bits per heavy atom. The number of carbonyl (C=O) groups is 1. The summed E-state index contributed by atoms with van der Waals surface area (Å²) in [5, 5.41) is 6.85. The van der Waals surface area contributed by atoms with E-state index in [2.05, 4.69) is 10.4 Å². The van der Waals surface area contributed by atoms with Gasteiger partial charge in [-0.15, -0.1) is 0 Å². The van der Waals surface area contributed by atoms with Crippen molar-refractivity contribution in [2.45, 2.75) is 44.4 Å². The molecule has 1 aliphatic carbocycles. The molecular formula is C17H17F4N3O. The quantitative estimate of drug-likeness (QED) is 0.856. The van der Waals surface area contributed by atoms with Gasteiger partial charge in [0, 0.05) is 6.20 Å². The van der Waals surface area contributed by atoms with Crippen LogP contribution in [0.5, 0.6) is 0 Å². The van der Waals surface area contributed by atoms with Gasteiger partial charge in [-0.1, -0.05) is 12.1 Å². The van der Waals surface area contributed by atoms with Crippen LogP contribution >= 0.6 is 0 Å². The number of aromatic nitrogens is 2. The topological polar surface area (TPSA) is 46.9 Å². The smallest absolute Gasteiger partial charge is 0.347 e. The number of rotatable bonds is 4. The third kappa shape index (κ3) is 4.58. The van der Waals surface area contributed by atoms with Gasteiger partial charge >= 0.3 is 6.18 Å². The van der Waals surface area contributed by atoms with E-state index in [0.717, 1.165) is 16.7 Å². The molecule has 134 valence electrons. The highest BCUT2D eigenvalue weighted by molar-refractivity contribution is 5.79. The van der Waals surface area contributed by atoms with Crippen molar-refractivity contribution >= 4 is 5.91 Å². The molecule has 2 aromatic rings. The van der Waals surface area contributed by atoms with Gasteiger partial charge in [-0.2, -0.15) is 18.3 Å². The Labute approximate surface area is 141 Å². The van der Waals surface area contributed by atoms with Crippen LogP contribution in [-0.4, -0.2) is 21.9 Å². The minimum atomic E-state index is -4.34. The second-order valence-electron chi connectivity index (χ2n) is 6.17. The number of amides is 1. The van der Waals surface area contributed by atoms with Crippen molar-refractivity contribution in [1.29, 1.82) is 0 Å². The lowest BCUT2D eigenvalue weighted by atomic mass is 9.93. The Balaban J connectivity index is 1.68. The molecule has 0 saturated carbocycles. The van der Waals surface area contributed by atoms with Crippen molar-refractivity contribution in [2.75, 3.05) is 0 Å². The summed E-state index contributed by atoms with van der Waals surface area (Å²) in [6.07, 6.45) is -0.804. The SMILES string of the molecule is O=C(Cc1ccc(F)cc1)N[C@@H]1CCCc2cn(CC(F)(F)F)nc21. The van der Waals surface area contributed by atoms with Gasteiger partial charge in [-0.05, 0) is 42.5 Å². The molecule has 8 heteroatoms. The number of hydrogen-bond donors (Lipinski definition) is 1. The first-order valence-corrected chi connectivity index (χ1v) is 7.97. The number of aryl methyl sites for hydroxylation is 1. The Hall–Kier alpha value is -2.38. The maximum Gasteiger partial charge on any atom is 0.408 e. The van der Waals surface area contributed by atoms with Gasteiger partial charge in [0.25, 0.3) is 0 Å². The summed E-state index contributed by atoms with van der Waals surface area (Å²) in [6.45, 7) is -1.14. The van der Waals surface area contributed by atoms with E-state index in [-0.39, 0.29) is 18.1 Å². The number of benzene rings is 1. The maximum absolute atomic E-state index is 12.9. The van der Waals surface area contributed by atoms with Gasteiger partial charge in [0.05, 0.1) is 18.2 Å². The van der Waals surface area contributed by atoms with Gasteiger partial charge in [0.15, 0.2) is 0 Å². The summed E-state index contributed by atoms with van der Waals surface area (Å²) in [7, 11) is 0. The van der Waals surface area contributed by atoms with Crippen LogP contribution < -0.4 is 5.32 Å². The molecule has 4 nitrogen and oxygen atoms in total. The molecule has 1 aromatic carbocycles. The van der Waals surface area contributed by atoms with Gasteiger partial charge < -0.3 is 5.32 Å². The third-order valence-electron chi connectivity index (χ3n) is 4.09. The zero-order valence-electron chi connectivity index (χ0n) is 13.3. The number of halogens is 4. The van der Waals surface area contributed by atoms with E-state index in [1.165, 1.54) is 30.5 Å². The van der Waals surface area contributed by atoms with E-state index in [0.29, 0.717) is 24.1 Å². The summed E-state index contributed by atoms with van der Waals surface area (Å²) >= 11 is 0. The lowest BCUT2D eigenvalue weighted by molar-refractivity contribution is -0.142. The second kappa shape index (κ2) is 6.85. The van der Waals surface area contributed by atoms with Crippen LogP contribution in [0.4, 0.5) is 17.6 Å². The van der Waals surface area contributed by atoms with Crippen LogP contribution in [-0.2, 0) is 24.2 Å². The van der Waals surface area contributed by atoms with Crippen molar-refractivity contribution in [3.05, 3.63) is 53.1 Å². The molecule has 1 amide bonds. The van der Waals surface area contributed by atoms with Gasteiger partial charge in [-0.3, -0.25) is 9.48 Å². The molecule has 0 bridgehead atoms. The number of nitrogens with zero attached hydrogens (tertiary/aromatic N) is 2. The highest BCUT2D eigenvalue weighted by Crippen LogP contribution is 2.29. The molecule has 0 fully saturated rings. The highest BCUT2D eigenvalue weighted by Gasteiger charge is 2.31. The summed E-state index contributed by atoms with van der Waals surface area (Å²) in [5.41, 5.74) is 1.91. The first-order chi connectivity index (χ1) is 11.8.